The highest BCUT2D eigenvalue weighted by Crippen LogP contribution is 2.34. The summed E-state index contributed by atoms with van der Waals surface area (Å²) < 4.78 is 10.2. The van der Waals surface area contributed by atoms with E-state index in [9.17, 15) is 5.11 Å². The molecule has 102 valence electrons. The van der Waals surface area contributed by atoms with Crippen molar-refractivity contribution in [2.75, 3.05) is 53.7 Å². The second kappa shape index (κ2) is 8.03. The third-order valence-electron chi connectivity index (χ3n) is 3.74. The summed E-state index contributed by atoms with van der Waals surface area (Å²) in [6, 6.07) is 0. The predicted molar refractivity (Wildman–Crippen MR) is 68.2 cm³/mol. The van der Waals surface area contributed by atoms with E-state index in [0.29, 0.717) is 6.61 Å². The average molecular weight is 245 g/mol. The van der Waals surface area contributed by atoms with Crippen molar-refractivity contribution in [3.63, 3.8) is 0 Å². The Bertz CT molecular complexity index is 201. The smallest absolute Gasteiger partial charge is 0.0589 e. The normalized spacial score (nSPS) is 26.3. The average Bonchev–Trinajstić information content (AvgIpc) is 2.37. The topological polar surface area (TPSA) is 41.9 Å². The number of likely N-dealkylation sites (tertiary alicyclic amines) is 1. The van der Waals surface area contributed by atoms with Crippen LogP contribution in [0.15, 0.2) is 0 Å². The van der Waals surface area contributed by atoms with Crippen molar-refractivity contribution in [2.45, 2.75) is 25.7 Å². The molecule has 1 aliphatic heterocycles. The number of piperidine rings is 1. The summed E-state index contributed by atoms with van der Waals surface area (Å²) >= 11 is 0. The second-order valence-electron chi connectivity index (χ2n) is 5.13. The first-order valence-electron chi connectivity index (χ1n) is 6.57. The number of rotatable bonds is 8. The molecule has 1 aliphatic rings. The van der Waals surface area contributed by atoms with Crippen LogP contribution in [0.5, 0.6) is 0 Å². The van der Waals surface area contributed by atoms with Gasteiger partial charge in [0, 0.05) is 45.9 Å². The van der Waals surface area contributed by atoms with E-state index in [1.807, 2.05) is 0 Å². The van der Waals surface area contributed by atoms with E-state index < -0.39 is 0 Å². The van der Waals surface area contributed by atoms with Crippen LogP contribution in [0.2, 0.25) is 0 Å². The van der Waals surface area contributed by atoms with Crippen LogP contribution < -0.4 is 0 Å². The molecule has 0 unspecified atom stereocenters. The van der Waals surface area contributed by atoms with Crippen LogP contribution in [-0.4, -0.2) is 63.7 Å². The van der Waals surface area contributed by atoms with Crippen LogP contribution in [0.25, 0.3) is 0 Å². The predicted octanol–water partition coefficient (Wildman–Crippen LogP) is 1.13. The van der Waals surface area contributed by atoms with Crippen molar-refractivity contribution < 1.29 is 14.6 Å². The summed E-state index contributed by atoms with van der Waals surface area (Å²) in [5.74, 6) is 0. The molecule has 1 atom stereocenters. The van der Waals surface area contributed by atoms with E-state index in [-0.39, 0.29) is 5.41 Å². The minimum Gasteiger partial charge on any atom is -0.396 e. The molecule has 1 heterocycles. The highest BCUT2D eigenvalue weighted by molar-refractivity contribution is 4.86. The minimum atomic E-state index is 0.0878. The quantitative estimate of drug-likeness (QED) is 0.651. The van der Waals surface area contributed by atoms with Crippen molar-refractivity contribution in [1.82, 2.24) is 4.90 Å². The first-order chi connectivity index (χ1) is 8.26. The number of aliphatic hydroxyl groups excluding tert-OH is 1. The number of hydrogen-bond donors (Lipinski definition) is 1. The van der Waals surface area contributed by atoms with Gasteiger partial charge in [-0.05, 0) is 32.2 Å². The molecule has 4 heteroatoms. The molecule has 0 aliphatic carbocycles. The molecule has 17 heavy (non-hydrogen) atoms. The number of aliphatic hydroxyl groups is 1. The minimum absolute atomic E-state index is 0.0878. The van der Waals surface area contributed by atoms with Gasteiger partial charge in [-0.25, -0.2) is 0 Å². The van der Waals surface area contributed by atoms with Gasteiger partial charge in [0.25, 0.3) is 0 Å². The lowest BCUT2D eigenvalue weighted by molar-refractivity contribution is 0.0103. The Kier molecular flexibility index (Phi) is 7.04. The molecule has 0 aromatic heterocycles. The summed E-state index contributed by atoms with van der Waals surface area (Å²) in [7, 11) is 3.47. The van der Waals surface area contributed by atoms with Crippen molar-refractivity contribution >= 4 is 0 Å². The molecule has 0 aromatic carbocycles. The number of methoxy groups -OCH3 is 2. The molecular weight excluding hydrogens is 218 g/mol. The third kappa shape index (κ3) is 4.92. The Morgan fingerprint density at radius 3 is 2.65 bits per heavy atom. The molecule has 1 rings (SSSR count). The monoisotopic (exact) mass is 245 g/mol. The summed E-state index contributed by atoms with van der Waals surface area (Å²) in [6.45, 7) is 4.97. The second-order valence-corrected chi connectivity index (χ2v) is 5.13. The lowest BCUT2D eigenvalue weighted by Crippen LogP contribution is -2.46. The first kappa shape index (κ1) is 14.9. The van der Waals surface area contributed by atoms with Crippen LogP contribution in [0.1, 0.15) is 25.7 Å². The van der Waals surface area contributed by atoms with E-state index in [0.717, 1.165) is 52.1 Å². The van der Waals surface area contributed by atoms with Gasteiger partial charge in [-0.3, -0.25) is 0 Å². The van der Waals surface area contributed by atoms with Crippen molar-refractivity contribution in [2.24, 2.45) is 5.41 Å². The van der Waals surface area contributed by atoms with Crippen LogP contribution in [-0.2, 0) is 9.47 Å². The number of nitrogens with zero attached hydrogens (tertiary/aromatic N) is 1. The number of ether oxygens (including phenoxy) is 2. The van der Waals surface area contributed by atoms with Gasteiger partial charge in [0.15, 0.2) is 0 Å². The Morgan fingerprint density at radius 2 is 2.00 bits per heavy atom. The summed E-state index contributed by atoms with van der Waals surface area (Å²) in [5.41, 5.74) is 0.0878. The molecule has 1 saturated heterocycles. The molecule has 1 fully saturated rings. The maximum atomic E-state index is 9.69. The Labute approximate surface area is 105 Å². The van der Waals surface area contributed by atoms with E-state index in [2.05, 4.69) is 4.90 Å². The van der Waals surface area contributed by atoms with Gasteiger partial charge in [0.1, 0.15) is 0 Å². The molecule has 0 saturated carbocycles. The summed E-state index contributed by atoms with van der Waals surface area (Å²) in [4.78, 5) is 2.41. The molecule has 0 spiro atoms. The van der Waals surface area contributed by atoms with Crippen LogP contribution in [0, 0.1) is 5.41 Å². The largest absolute Gasteiger partial charge is 0.396 e. The van der Waals surface area contributed by atoms with Gasteiger partial charge >= 0.3 is 0 Å². The SMILES string of the molecule is COCCC[C@@]1(CO)CCCN(CCOC)C1. The maximum absolute atomic E-state index is 9.69. The van der Waals surface area contributed by atoms with Crippen molar-refractivity contribution in [3.8, 4) is 0 Å². The third-order valence-corrected chi connectivity index (χ3v) is 3.74. The lowest BCUT2D eigenvalue weighted by Gasteiger charge is -2.42. The highest BCUT2D eigenvalue weighted by atomic mass is 16.5. The van der Waals surface area contributed by atoms with Gasteiger partial charge in [-0.2, -0.15) is 0 Å². The molecule has 0 radical (unpaired) electrons. The van der Waals surface area contributed by atoms with E-state index >= 15 is 0 Å². The maximum Gasteiger partial charge on any atom is 0.0589 e. The summed E-state index contributed by atoms with van der Waals surface area (Å²) in [5, 5.41) is 9.69. The fraction of sp³-hybridized carbons (Fsp3) is 1.00. The fourth-order valence-electron chi connectivity index (χ4n) is 2.73. The van der Waals surface area contributed by atoms with Crippen LogP contribution in [0.4, 0.5) is 0 Å². The van der Waals surface area contributed by atoms with Gasteiger partial charge in [-0.1, -0.05) is 0 Å². The molecular formula is C13H27NO3. The molecule has 0 aromatic rings. The van der Waals surface area contributed by atoms with Gasteiger partial charge in [-0.15, -0.1) is 0 Å². The molecule has 1 N–H and O–H groups in total. The Hall–Kier alpha value is -0.160. The van der Waals surface area contributed by atoms with Crippen LogP contribution >= 0.6 is 0 Å². The highest BCUT2D eigenvalue weighted by Gasteiger charge is 2.34. The van der Waals surface area contributed by atoms with E-state index in [1.165, 1.54) is 6.42 Å². The van der Waals surface area contributed by atoms with Gasteiger partial charge in [0.2, 0.25) is 0 Å². The van der Waals surface area contributed by atoms with Crippen molar-refractivity contribution in [1.29, 1.82) is 0 Å². The Morgan fingerprint density at radius 1 is 1.24 bits per heavy atom. The zero-order chi connectivity index (χ0) is 12.6. The zero-order valence-electron chi connectivity index (χ0n) is 11.3. The fourth-order valence-corrected chi connectivity index (χ4v) is 2.73. The summed E-state index contributed by atoms with van der Waals surface area (Å²) in [6.07, 6.45) is 4.41. The van der Waals surface area contributed by atoms with E-state index in [4.69, 9.17) is 9.47 Å². The van der Waals surface area contributed by atoms with Crippen molar-refractivity contribution in [3.05, 3.63) is 0 Å². The molecule has 0 amide bonds. The molecule has 4 nitrogen and oxygen atoms in total. The first-order valence-corrected chi connectivity index (χ1v) is 6.57. The zero-order valence-corrected chi connectivity index (χ0v) is 11.3. The lowest BCUT2D eigenvalue weighted by atomic mass is 9.77. The van der Waals surface area contributed by atoms with Gasteiger partial charge in [0.05, 0.1) is 6.61 Å². The standard InChI is InChI=1S/C13H27NO3/c1-16-9-4-6-13(12-15)5-3-7-14(11-13)8-10-17-2/h15H,3-12H2,1-2H3/t13-/m0/s1. The van der Waals surface area contributed by atoms with Crippen LogP contribution in [0.3, 0.4) is 0 Å². The van der Waals surface area contributed by atoms with E-state index in [1.54, 1.807) is 14.2 Å². The van der Waals surface area contributed by atoms with Gasteiger partial charge < -0.3 is 19.5 Å². The number of hydrogen-bond acceptors (Lipinski definition) is 4. The Balaban J connectivity index is 2.40. The molecule has 0 bridgehead atoms.